The molecular formula is C14H25ClN2O3. The lowest BCUT2D eigenvalue weighted by Crippen LogP contribution is -2.42. The van der Waals surface area contributed by atoms with E-state index < -0.39 is 5.97 Å². The molecule has 116 valence electrons. The van der Waals surface area contributed by atoms with E-state index in [9.17, 15) is 9.59 Å². The fourth-order valence-corrected chi connectivity index (χ4v) is 2.90. The standard InChI is InChI=1S/C14H24N2O3.ClH/c17-13(15-8-14(18)19)10-16(12-6-7-12)9-11-4-2-1-3-5-11;/h11-12H,1-10H2,(H,15,17)(H,18,19);1H. The van der Waals surface area contributed by atoms with Gasteiger partial charge < -0.3 is 10.4 Å². The molecule has 1 amide bonds. The van der Waals surface area contributed by atoms with Gasteiger partial charge in [0.1, 0.15) is 6.54 Å². The molecule has 0 aliphatic heterocycles. The van der Waals surface area contributed by atoms with Crippen molar-refractivity contribution in [1.82, 2.24) is 10.2 Å². The van der Waals surface area contributed by atoms with Crippen LogP contribution in [0.4, 0.5) is 0 Å². The van der Waals surface area contributed by atoms with E-state index in [-0.39, 0.29) is 24.9 Å². The molecule has 0 heterocycles. The second-order valence-electron chi connectivity index (χ2n) is 5.84. The van der Waals surface area contributed by atoms with Gasteiger partial charge in [-0.3, -0.25) is 14.5 Å². The summed E-state index contributed by atoms with van der Waals surface area (Å²) in [5.41, 5.74) is 0. The molecule has 0 aromatic rings. The van der Waals surface area contributed by atoms with Crippen LogP contribution in [0.5, 0.6) is 0 Å². The van der Waals surface area contributed by atoms with Gasteiger partial charge in [0.2, 0.25) is 5.91 Å². The summed E-state index contributed by atoms with van der Waals surface area (Å²) in [4.78, 5) is 24.4. The zero-order valence-corrected chi connectivity index (χ0v) is 12.7. The molecule has 20 heavy (non-hydrogen) atoms. The summed E-state index contributed by atoms with van der Waals surface area (Å²) >= 11 is 0. The van der Waals surface area contributed by atoms with Gasteiger partial charge in [-0.25, -0.2) is 0 Å². The van der Waals surface area contributed by atoms with Crippen molar-refractivity contribution in [3.05, 3.63) is 0 Å². The molecule has 0 spiro atoms. The van der Waals surface area contributed by atoms with E-state index in [0.29, 0.717) is 12.6 Å². The first-order valence-electron chi connectivity index (χ1n) is 7.37. The number of hydrogen-bond donors (Lipinski definition) is 2. The molecule has 0 aromatic heterocycles. The average molecular weight is 305 g/mol. The van der Waals surface area contributed by atoms with Gasteiger partial charge in [0.25, 0.3) is 0 Å². The predicted octanol–water partition coefficient (Wildman–Crippen LogP) is 1.65. The van der Waals surface area contributed by atoms with Gasteiger partial charge in [0.15, 0.2) is 0 Å². The Morgan fingerprint density at radius 2 is 1.75 bits per heavy atom. The normalized spacial score (nSPS) is 19.4. The minimum absolute atomic E-state index is 0. The van der Waals surface area contributed by atoms with Gasteiger partial charge in [-0.05, 0) is 31.6 Å². The van der Waals surface area contributed by atoms with Crippen LogP contribution in [0.3, 0.4) is 0 Å². The van der Waals surface area contributed by atoms with Crippen molar-refractivity contribution in [2.75, 3.05) is 19.6 Å². The Morgan fingerprint density at radius 1 is 1.10 bits per heavy atom. The Bertz CT molecular complexity index is 328. The van der Waals surface area contributed by atoms with Crippen LogP contribution in [-0.4, -0.2) is 47.6 Å². The zero-order chi connectivity index (χ0) is 13.7. The molecule has 0 unspecified atom stereocenters. The average Bonchev–Trinajstić information content (AvgIpc) is 3.21. The van der Waals surface area contributed by atoms with Crippen LogP contribution < -0.4 is 5.32 Å². The zero-order valence-electron chi connectivity index (χ0n) is 11.8. The molecule has 2 N–H and O–H groups in total. The Morgan fingerprint density at radius 3 is 2.30 bits per heavy atom. The number of halogens is 1. The number of carboxylic acid groups (broad SMARTS) is 1. The molecule has 2 saturated carbocycles. The summed E-state index contributed by atoms with van der Waals surface area (Å²) < 4.78 is 0. The fourth-order valence-electron chi connectivity index (χ4n) is 2.90. The van der Waals surface area contributed by atoms with Crippen LogP contribution >= 0.6 is 12.4 Å². The Kier molecular flexibility index (Phi) is 7.30. The largest absolute Gasteiger partial charge is 0.480 e. The first-order chi connectivity index (χ1) is 9.15. The molecule has 2 aliphatic rings. The highest BCUT2D eigenvalue weighted by molar-refractivity contribution is 5.85. The van der Waals surface area contributed by atoms with E-state index in [1.54, 1.807) is 0 Å². The summed E-state index contributed by atoms with van der Waals surface area (Å²) in [6.45, 7) is 1.08. The Balaban J connectivity index is 0.00000200. The maximum absolute atomic E-state index is 11.7. The van der Waals surface area contributed by atoms with Crippen LogP contribution in [0.2, 0.25) is 0 Å². The number of aliphatic carboxylic acids is 1. The minimum Gasteiger partial charge on any atom is -0.480 e. The number of nitrogens with one attached hydrogen (secondary N) is 1. The van der Waals surface area contributed by atoms with Gasteiger partial charge in [-0.1, -0.05) is 19.3 Å². The maximum Gasteiger partial charge on any atom is 0.322 e. The number of carboxylic acids is 1. The minimum atomic E-state index is -0.987. The highest BCUT2D eigenvalue weighted by Gasteiger charge is 2.32. The third kappa shape index (κ3) is 6.09. The summed E-state index contributed by atoms with van der Waals surface area (Å²) in [5.74, 6) is -0.426. The van der Waals surface area contributed by atoms with Gasteiger partial charge >= 0.3 is 5.97 Å². The van der Waals surface area contributed by atoms with Gasteiger partial charge in [0.05, 0.1) is 6.54 Å². The molecule has 2 fully saturated rings. The smallest absolute Gasteiger partial charge is 0.322 e. The van der Waals surface area contributed by atoms with Crippen LogP contribution in [0.1, 0.15) is 44.9 Å². The molecule has 0 atom stereocenters. The first kappa shape index (κ1) is 17.2. The third-order valence-corrected chi connectivity index (χ3v) is 4.06. The Hall–Kier alpha value is -0.810. The SMILES string of the molecule is Cl.O=C(O)CNC(=O)CN(CC1CCCCC1)C1CC1. The lowest BCUT2D eigenvalue weighted by molar-refractivity contribution is -0.138. The van der Waals surface area contributed by atoms with E-state index in [4.69, 9.17) is 5.11 Å². The molecule has 0 aromatic carbocycles. The van der Waals surface area contributed by atoms with Crippen molar-refractivity contribution in [2.45, 2.75) is 51.0 Å². The molecule has 6 heteroatoms. The van der Waals surface area contributed by atoms with E-state index in [1.165, 1.54) is 44.9 Å². The van der Waals surface area contributed by atoms with Crippen molar-refractivity contribution in [2.24, 2.45) is 5.92 Å². The van der Waals surface area contributed by atoms with E-state index in [2.05, 4.69) is 10.2 Å². The number of amides is 1. The van der Waals surface area contributed by atoms with Gasteiger partial charge in [-0.2, -0.15) is 0 Å². The monoisotopic (exact) mass is 304 g/mol. The van der Waals surface area contributed by atoms with Crippen LogP contribution in [0, 0.1) is 5.92 Å². The summed E-state index contributed by atoms with van der Waals surface area (Å²) in [5, 5.41) is 11.0. The summed E-state index contributed by atoms with van der Waals surface area (Å²) in [7, 11) is 0. The number of hydrogen-bond acceptors (Lipinski definition) is 3. The molecule has 2 rings (SSSR count). The quantitative estimate of drug-likeness (QED) is 0.750. The van der Waals surface area contributed by atoms with Gasteiger partial charge in [0, 0.05) is 12.6 Å². The molecule has 0 saturated heterocycles. The molecular weight excluding hydrogens is 280 g/mol. The second kappa shape index (κ2) is 8.47. The lowest BCUT2D eigenvalue weighted by atomic mass is 9.89. The number of nitrogens with zero attached hydrogens (tertiary/aromatic N) is 1. The van der Waals surface area contributed by atoms with Crippen molar-refractivity contribution >= 4 is 24.3 Å². The molecule has 0 radical (unpaired) electrons. The van der Waals surface area contributed by atoms with Crippen LogP contribution in [-0.2, 0) is 9.59 Å². The van der Waals surface area contributed by atoms with Crippen molar-refractivity contribution in [3.63, 3.8) is 0 Å². The van der Waals surface area contributed by atoms with E-state index in [1.807, 2.05) is 0 Å². The number of carbonyl (C=O) groups is 2. The predicted molar refractivity (Wildman–Crippen MR) is 79.1 cm³/mol. The molecule has 5 nitrogen and oxygen atoms in total. The van der Waals surface area contributed by atoms with Gasteiger partial charge in [-0.15, -0.1) is 12.4 Å². The van der Waals surface area contributed by atoms with Crippen LogP contribution in [0.25, 0.3) is 0 Å². The number of rotatable bonds is 7. The lowest BCUT2D eigenvalue weighted by Gasteiger charge is -2.29. The fraction of sp³-hybridized carbons (Fsp3) is 0.857. The summed E-state index contributed by atoms with van der Waals surface area (Å²) in [6, 6.07) is 0.553. The summed E-state index contributed by atoms with van der Waals surface area (Å²) in [6.07, 6.45) is 8.89. The highest BCUT2D eigenvalue weighted by atomic mass is 35.5. The highest BCUT2D eigenvalue weighted by Crippen LogP contribution is 2.30. The van der Waals surface area contributed by atoms with Crippen molar-refractivity contribution in [3.8, 4) is 0 Å². The number of carbonyl (C=O) groups excluding carboxylic acids is 1. The third-order valence-electron chi connectivity index (χ3n) is 4.06. The van der Waals surface area contributed by atoms with Crippen molar-refractivity contribution < 1.29 is 14.7 Å². The Labute approximate surface area is 126 Å². The molecule has 0 bridgehead atoms. The maximum atomic E-state index is 11.7. The van der Waals surface area contributed by atoms with Crippen molar-refractivity contribution in [1.29, 1.82) is 0 Å². The van der Waals surface area contributed by atoms with E-state index >= 15 is 0 Å². The topological polar surface area (TPSA) is 69.6 Å². The van der Waals surface area contributed by atoms with E-state index in [0.717, 1.165) is 12.5 Å². The second-order valence-corrected chi connectivity index (χ2v) is 5.84. The van der Waals surface area contributed by atoms with Crippen LogP contribution in [0.15, 0.2) is 0 Å². The first-order valence-corrected chi connectivity index (χ1v) is 7.37. The molecule has 2 aliphatic carbocycles.